The molecule has 0 atom stereocenters. The topological polar surface area (TPSA) is 36.1 Å². The fourth-order valence-corrected chi connectivity index (χ4v) is 3.79. The molecule has 0 fully saturated rings. The SMILES string of the molecule is O=C(c1cccc2[nH]ccc12)N1CCSc2ccccc21. The number of rotatable bonds is 1. The largest absolute Gasteiger partial charge is 0.361 e. The molecule has 2 heterocycles. The Balaban J connectivity index is 1.81. The number of para-hydroxylation sites is 1. The van der Waals surface area contributed by atoms with Gasteiger partial charge in [-0.2, -0.15) is 0 Å². The van der Waals surface area contributed by atoms with Crippen molar-refractivity contribution in [1.82, 2.24) is 4.98 Å². The number of fused-ring (bicyclic) bond motifs is 2. The summed E-state index contributed by atoms with van der Waals surface area (Å²) in [5.41, 5.74) is 2.78. The standard InChI is InChI=1S/C17H14N2OS/c20-17(13-4-3-5-14-12(13)8-9-18-14)19-10-11-21-16-7-2-1-6-15(16)19/h1-9,18H,10-11H2. The van der Waals surface area contributed by atoms with Crippen molar-refractivity contribution in [1.29, 1.82) is 0 Å². The molecule has 0 bridgehead atoms. The van der Waals surface area contributed by atoms with Crippen LogP contribution in [-0.4, -0.2) is 23.2 Å². The summed E-state index contributed by atoms with van der Waals surface area (Å²) in [6.07, 6.45) is 1.88. The van der Waals surface area contributed by atoms with E-state index in [9.17, 15) is 4.79 Å². The fraction of sp³-hybridized carbons (Fsp3) is 0.118. The minimum absolute atomic E-state index is 0.0768. The Morgan fingerprint density at radius 3 is 2.95 bits per heavy atom. The molecule has 1 aliphatic heterocycles. The monoisotopic (exact) mass is 294 g/mol. The van der Waals surface area contributed by atoms with Crippen LogP contribution in [0.5, 0.6) is 0 Å². The Morgan fingerprint density at radius 1 is 1.10 bits per heavy atom. The van der Waals surface area contributed by atoms with E-state index in [0.717, 1.165) is 34.5 Å². The van der Waals surface area contributed by atoms with Gasteiger partial charge in [-0.15, -0.1) is 11.8 Å². The summed E-state index contributed by atoms with van der Waals surface area (Å²) in [5, 5.41) is 0.984. The average Bonchev–Trinajstić information content (AvgIpc) is 3.02. The van der Waals surface area contributed by atoms with Crippen molar-refractivity contribution in [2.75, 3.05) is 17.2 Å². The number of hydrogen-bond acceptors (Lipinski definition) is 2. The molecule has 0 radical (unpaired) electrons. The lowest BCUT2D eigenvalue weighted by Crippen LogP contribution is -2.35. The lowest BCUT2D eigenvalue weighted by Gasteiger charge is -2.29. The molecule has 4 heteroatoms. The molecule has 0 aliphatic carbocycles. The third-order valence-electron chi connectivity index (χ3n) is 3.80. The van der Waals surface area contributed by atoms with Gasteiger partial charge in [0, 0.05) is 39.9 Å². The number of aromatic amines is 1. The molecule has 0 unspecified atom stereocenters. The maximum atomic E-state index is 13.0. The summed E-state index contributed by atoms with van der Waals surface area (Å²) in [7, 11) is 0. The molecular formula is C17H14N2OS. The maximum Gasteiger partial charge on any atom is 0.259 e. The van der Waals surface area contributed by atoms with Crippen molar-refractivity contribution >= 4 is 34.3 Å². The molecule has 0 spiro atoms. The number of anilines is 1. The van der Waals surface area contributed by atoms with Gasteiger partial charge in [0.25, 0.3) is 5.91 Å². The van der Waals surface area contributed by atoms with Crippen molar-refractivity contribution in [2.45, 2.75) is 4.90 Å². The second-order valence-corrected chi connectivity index (χ2v) is 6.15. The summed E-state index contributed by atoms with van der Waals surface area (Å²) >= 11 is 1.81. The zero-order chi connectivity index (χ0) is 14.2. The highest BCUT2D eigenvalue weighted by Crippen LogP contribution is 2.35. The van der Waals surface area contributed by atoms with Crippen molar-refractivity contribution in [3.63, 3.8) is 0 Å². The van der Waals surface area contributed by atoms with Gasteiger partial charge in [-0.3, -0.25) is 4.79 Å². The van der Waals surface area contributed by atoms with E-state index in [0.29, 0.717) is 0 Å². The van der Waals surface area contributed by atoms with E-state index in [1.165, 1.54) is 4.90 Å². The van der Waals surface area contributed by atoms with Crippen LogP contribution in [0.3, 0.4) is 0 Å². The zero-order valence-electron chi connectivity index (χ0n) is 11.4. The summed E-state index contributed by atoms with van der Waals surface area (Å²) in [6, 6.07) is 15.9. The van der Waals surface area contributed by atoms with Gasteiger partial charge in [-0.1, -0.05) is 18.2 Å². The molecule has 2 aromatic carbocycles. The fourth-order valence-electron chi connectivity index (χ4n) is 2.80. The van der Waals surface area contributed by atoms with Crippen LogP contribution in [0.4, 0.5) is 5.69 Å². The van der Waals surface area contributed by atoms with Crippen LogP contribution in [0.15, 0.2) is 59.6 Å². The summed E-state index contributed by atoms with van der Waals surface area (Å²) in [6.45, 7) is 0.751. The number of H-pyrrole nitrogens is 1. The number of benzene rings is 2. The van der Waals surface area contributed by atoms with Gasteiger partial charge in [-0.25, -0.2) is 0 Å². The predicted molar refractivity (Wildman–Crippen MR) is 87.1 cm³/mol. The van der Waals surface area contributed by atoms with Gasteiger partial charge >= 0.3 is 0 Å². The number of carbonyl (C=O) groups excluding carboxylic acids is 1. The predicted octanol–water partition coefficient (Wildman–Crippen LogP) is 3.92. The molecule has 1 amide bonds. The number of aromatic nitrogens is 1. The average molecular weight is 294 g/mol. The van der Waals surface area contributed by atoms with Crippen LogP contribution in [0, 0.1) is 0 Å². The van der Waals surface area contributed by atoms with E-state index in [-0.39, 0.29) is 5.91 Å². The molecule has 1 N–H and O–H groups in total. The summed E-state index contributed by atoms with van der Waals surface area (Å²) in [4.78, 5) is 19.2. The van der Waals surface area contributed by atoms with Crippen molar-refractivity contribution in [2.24, 2.45) is 0 Å². The van der Waals surface area contributed by atoms with Gasteiger partial charge in [0.2, 0.25) is 0 Å². The molecule has 3 aromatic rings. The van der Waals surface area contributed by atoms with E-state index in [4.69, 9.17) is 0 Å². The highest BCUT2D eigenvalue weighted by molar-refractivity contribution is 7.99. The van der Waals surface area contributed by atoms with Crippen molar-refractivity contribution in [3.05, 3.63) is 60.3 Å². The molecule has 4 rings (SSSR count). The highest BCUT2D eigenvalue weighted by Gasteiger charge is 2.24. The number of amides is 1. The van der Waals surface area contributed by atoms with Crippen LogP contribution >= 0.6 is 11.8 Å². The van der Waals surface area contributed by atoms with Crippen LogP contribution in [0.25, 0.3) is 10.9 Å². The van der Waals surface area contributed by atoms with Crippen molar-refractivity contribution < 1.29 is 4.79 Å². The normalized spacial score (nSPS) is 14.2. The van der Waals surface area contributed by atoms with Gasteiger partial charge in [0.05, 0.1) is 5.69 Å². The molecule has 1 aliphatic rings. The minimum atomic E-state index is 0.0768. The number of hydrogen-bond donors (Lipinski definition) is 1. The Hall–Kier alpha value is -2.20. The van der Waals surface area contributed by atoms with Gasteiger partial charge in [0.15, 0.2) is 0 Å². The van der Waals surface area contributed by atoms with Crippen LogP contribution in [-0.2, 0) is 0 Å². The Morgan fingerprint density at radius 2 is 2.00 bits per heavy atom. The first-order chi connectivity index (χ1) is 10.3. The molecular weight excluding hydrogens is 280 g/mol. The van der Waals surface area contributed by atoms with Gasteiger partial charge in [-0.05, 0) is 30.3 Å². The Bertz CT molecular complexity index is 824. The van der Waals surface area contributed by atoms with Crippen LogP contribution in [0.2, 0.25) is 0 Å². The summed E-state index contributed by atoms with van der Waals surface area (Å²) < 4.78 is 0. The molecule has 104 valence electrons. The number of nitrogens with zero attached hydrogens (tertiary/aromatic N) is 1. The first-order valence-corrected chi connectivity index (χ1v) is 7.93. The first kappa shape index (κ1) is 12.5. The first-order valence-electron chi connectivity index (χ1n) is 6.94. The van der Waals surface area contributed by atoms with E-state index in [1.807, 2.05) is 65.3 Å². The van der Waals surface area contributed by atoms with Crippen LogP contribution < -0.4 is 4.90 Å². The maximum absolute atomic E-state index is 13.0. The third kappa shape index (κ3) is 2.03. The highest BCUT2D eigenvalue weighted by atomic mass is 32.2. The van der Waals surface area contributed by atoms with Gasteiger partial charge in [0.1, 0.15) is 0 Å². The van der Waals surface area contributed by atoms with Gasteiger partial charge < -0.3 is 9.88 Å². The van der Waals surface area contributed by atoms with E-state index >= 15 is 0 Å². The minimum Gasteiger partial charge on any atom is -0.361 e. The number of nitrogens with one attached hydrogen (secondary N) is 1. The quantitative estimate of drug-likeness (QED) is 0.738. The van der Waals surface area contributed by atoms with Crippen molar-refractivity contribution in [3.8, 4) is 0 Å². The lowest BCUT2D eigenvalue weighted by molar-refractivity contribution is 0.0989. The third-order valence-corrected chi connectivity index (χ3v) is 4.84. The second kappa shape index (κ2) is 4.97. The number of thioether (sulfide) groups is 1. The molecule has 1 aromatic heterocycles. The van der Waals surface area contributed by atoms with E-state index in [2.05, 4.69) is 11.1 Å². The Kier molecular flexibility index (Phi) is 2.97. The Labute approximate surface area is 127 Å². The van der Waals surface area contributed by atoms with E-state index in [1.54, 1.807) is 0 Å². The molecule has 3 nitrogen and oxygen atoms in total. The summed E-state index contributed by atoms with van der Waals surface area (Å²) in [5.74, 6) is 1.01. The number of carbonyl (C=O) groups is 1. The lowest BCUT2D eigenvalue weighted by atomic mass is 10.1. The molecule has 0 saturated carbocycles. The van der Waals surface area contributed by atoms with E-state index < -0.39 is 0 Å². The second-order valence-electron chi connectivity index (χ2n) is 5.02. The molecule has 21 heavy (non-hydrogen) atoms. The smallest absolute Gasteiger partial charge is 0.259 e. The van der Waals surface area contributed by atoms with Crippen LogP contribution in [0.1, 0.15) is 10.4 Å². The molecule has 0 saturated heterocycles. The zero-order valence-corrected chi connectivity index (χ0v) is 12.2.